The van der Waals surface area contributed by atoms with Crippen LogP contribution >= 0.6 is 0 Å². The van der Waals surface area contributed by atoms with Crippen LogP contribution in [0.4, 0.5) is 5.82 Å². The molecule has 1 aromatic heterocycles. The van der Waals surface area contributed by atoms with Gasteiger partial charge in [0.25, 0.3) is 0 Å². The average molecular weight is 248 g/mol. The zero-order valence-corrected chi connectivity index (χ0v) is 11.4. The Morgan fingerprint density at radius 2 is 2.00 bits per heavy atom. The molecule has 18 heavy (non-hydrogen) atoms. The highest BCUT2D eigenvalue weighted by molar-refractivity contribution is 5.49. The van der Waals surface area contributed by atoms with Crippen LogP contribution in [0.5, 0.6) is 0 Å². The van der Waals surface area contributed by atoms with Crippen LogP contribution in [0.3, 0.4) is 0 Å². The highest BCUT2D eigenvalue weighted by Gasteiger charge is 2.27. The maximum Gasteiger partial charge on any atom is 0.151 e. The van der Waals surface area contributed by atoms with Crippen LogP contribution in [0, 0.1) is 5.92 Å². The second-order valence-electron chi connectivity index (χ2n) is 6.08. The van der Waals surface area contributed by atoms with Gasteiger partial charge in [-0.1, -0.05) is 13.8 Å². The third-order valence-corrected chi connectivity index (χ3v) is 4.38. The molecule has 2 heterocycles. The second-order valence-corrected chi connectivity index (χ2v) is 6.08. The number of piperidine rings is 1. The van der Waals surface area contributed by atoms with Crippen LogP contribution in [0.2, 0.25) is 0 Å². The fourth-order valence-electron chi connectivity index (χ4n) is 3.43. The van der Waals surface area contributed by atoms with Crippen molar-refractivity contribution >= 4 is 5.82 Å². The Morgan fingerprint density at radius 3 is 2.78 bits per heavy atom. The minimum atomic E-state index is 0.589. The first-order valence-corrected chi connectivity index (χ1v) is 7.28. The van der Waals surface area contributed by atoms with Gasteiger partial charge in [-0.2, -0.15) is 5.10 Å². The van der Waals surface area contributed by atoms with Crippen molar-refractivity contribution in [3.05, 3.63) is 11.3 Å². The number of hydrogen-bond donors (Lipinski definition) is 3. The van der Waals surface area contributed by atoms with Gasteiger partial charge >= 0.3 is 0 Å². The Labute approximate surface area is 109 Å². The number of nitrogens with zero attached hydrogens (tertiary/aromatic N) is 1. The lowest BCUT2D eigenvalue weighted by Gasteiger charge is -2.27. The van der Waals surface area contributed by atoms with E-state index in [1.165, 1.54) is 36.9 Å². The maximum absolute atomic E-state index is 4.52. The molecule has 3 N–H and O–H groups in total. The molecule has 0 spiro atoms. The van der Waals surface area contributed by atoms with Gasteiger partial charge in [-0.15, -0.1) is 0 Å². The third kappa shape index (κ3) is 2.26. The standard InChI is InChI=1S/C14H24N4/c1-9-7-10(2)13-12(8-9)14(18-17-13)16-11-3-5-15-6-4-11/h9-11,15H,3-8H2,1-2H3,(H2,16,17,18). The molecule has 2 unspecified atom stereocenters. The molecule has 0 radical (unpaired) electrons. The predicted octanol–water partition coefficient (Wildman–Crippen LogP) is 2.26. The molecule has 1 fully saturated rings. The molecule has 4 nitrogen and oxygen atoms in total. The molecule has 1 aliphatic carbocycles. The molecule has 4 heteroatoms. The lowest BCUT2D eigenvalue weighted by atomic mass is 9.82. The Morgan fingerprint density at radius 1 is 1.22 bits per heavy atom. The van der Waals surface area contributed by atoms with Crippen LogP contribution in [-0.2, 0) is 6.42 Å². The van der Waals surface area contributed by atoms with E-state index in [1.54, 1.807) is 0 Å². The van der Waals surface area contributed by atoms with E-state index in [0.29, 0.717) is 12.0 Å². The molecule has 3 rings (SSSR count). The van der Waals surface area contributed by atoms with E-state index in [4.69, 9.17) is 0 Å². The smallest absolute Gasteiger partial charge is 0.151 e. The van der Waals surface area contributed by atoms with Crippen molar-refractivity contribution in [3.8, 4) is 0 Å². The van der Waals surface area contributed by atoms with E-state index >= 15 is 0 Å². The van der Waals surface area contributed by atoms with E-state index in [2.05, 4.69) is 34.7 Å². The molecule has 1 aromatic rings. The Kier molecular flexibility index (Phi) is 3.29. The summed E-state index contributed by atoms with van der Waals surface area (Å²) in [5, 5.41) is 14.8. The minimum Gasteiger partial charge on any atom is -0.366 e. The second kappa shape index (κ2) is 4.92. The SMILES string of the molecule is CC1Cc2c(NC3CCNCC3)n[nH]c2C(C)C1. The van der Waals surface area contributed by atoms with Gasteiger partial charge in [0.1, 0.15) is 0 Å². The first kappa shape index (κ1) is 12.0. The number of hydrogen-bond acceptors (Lipinski definition) is 3. The van der Waals surface area contributed by atoms with Gasteiger partial charge in [0.05, 0.1) is 0 Å². The molecule has 1 aliphatic heterocycles. The fraction of sp³-hybridized carbons (Fsp3) is 0.786. The van der Waals surface area contributed by atoms with Crippen LogP contribution in [-0.4, -0.2) is 29.3 Å². The Balaban J connectivity index is 1.76. The highest BCUT2D eigenvalue weighted by Crippen LogP contribution is 2.36. The summed E-state index contributed by atoms with van der Waals surface area (Å²) in [6.45, 7) is 6.90. The third-order valence-electron chi connectivity index (χ3n) is 4.38. The molecule has 0 bridgehead atoms. The van der Waals surface area contributed by atoms with Crippen LogP contribution < -0.4 is 10.6 Å². The summed E-state index contributed by atoms with van der Waals surface area (Å²) in [7, 11) is 0. The monoisotopic (exact) mass is 248 g/mol. The van der Waals surface area contributed by atoms with Gasteiger partial charge < -0.3 is 10.6 Å². The van der Waals surface area contributed by atoms with Crippen LogP contribution in [0.15, 0.2) is 0 Å². The number of rotatable bonds is 2. The lowest BCUT2D eigenvalue weighted by molar-refractivity contribution is 0.444. The zero-order chi connectivity index (χ0) is 12.5. The van der Waals surface area contributed by atoms with E-state index in [9.17, 15) is 0 Å². The number of aromatic nitrogens is 2. The summed E-state index contributed by atoms with van der Waals surface area (Å²) in [4.78, 5) is 0. The van der Waals surface area contributed by atoms with Crippen LogP contribution in [0.1, 0.15) is 50.3 Å². The number of H-pyrrole nitrogens is 1. The summed E-state index contributed by atoms with van der Waals surface area (Å²) in [6, 6.07) is 0.589. The predicted molar refractivity (Wildman–Crippen MR) is 74.0 cm³/mol. The normalized spacial score (nSPS) is 29.0. The Bertz CT molecular complexity index is 406. The lowest BCUT2D eigenvalue weighted by Crippen LogP contribution is -2.35. The van der Waals surface area contributed by atoms with E-state index in [1.807, 2.05) is 0 Å². The largest absolute Gasteiger partial charge is 0.366 e. The maximum atomic E-state index is 4.52. The van der Waals surface area contributed by atoms with Crippen LogP contribution in [0.25, 0.3) is 0 Å². The molecule has 2 atom stereocenters. The topological polar surface area (TPSA) is 52.7 Å². The van der Waals surface area contributed by atoms with Crippen molar-refractivity contribution in [1.82, 2.24) is 15.5 Å². The summed E-state index contributed by atoms with van der Waals surface area (Å²) < 4.78 is 0. The van der Waals surface area contributed by atoms with Gasteiger partial charge in [0.15, 0.2) is 5.82 Å². The van der Waals surface area contributed by atoms with Crippen molar-refractivity contribution in [2.45, 2.75) is 51.5 Å². The quantitative estimate of drug-likeness (QED) is 0.752. The van der Waals surface area contributed by atoms with Crippen molar-refractivity contribution < 1.29 is 0 Å². The number of anilines is 1. The van der Waals surface area contributed by atoms with E-state index in [0.717, 1.165) is 24.8 Å². The fourth-order valence-corrected chi connectivity index (χ4v) is 3.43. The van der Waals surface area contributed by atoms with E-state index < -0.39 is 0 Å². The summed E-state index contributed by atoms with van der Waals surface area (Å²) in [5.41, 5.74) is 2.81. The first-order valence-electron chi connectivity index (χ1n) is 7.28. The van der Waals surface area contributed by atoms with Crippen molar-refractivity contribution in [2.75, 3.05) is 18.4 Å². The van der Waals surface area contributed by atoms with Gasteiger partial charge in [0.2, 0.25) is 0 Å². The molecular weight excluding hydrogens is 224 g/mol. The van der Waals surface area contributed by atoms with Crippen molar-refractivity contribution in [1.29, 1.82) is 0 Å². The molecular formula is C14H24N4. The first-order chi connectivity index (χ1) is 8.74. The molecule has 1 saturated heterocycles. The minimum absolute atomic E-state index is 0.589. The summed E-state index contributed by atoms with van der Waals surface area (Å²) >= 11 is 0. The molecule has 0 saturated carbocycles. The number of fused-ring (bicyclic) bond motifs is 1. The number of nitrogens with one attached hydrogen (secondary N) is 3. The van der Waals surface area contributed by atoms with E-state index in [-0.39, 0.29) is 0 Å². The molecule has 100 valence electrons. The van der Waals surface area contributed by atoms with Gasteiger partial charge in [0, 0.05) is 17.3 Å². The summed E-state index contributed by atoms with van der Waals surface area (Å²) in [6.07, 6.45) is 4.85. The zero-order valence-electron chi connectivity index (χ0n) is 11.4. The van der Waals surface area contributed by atoms with Gasteiger partial charge in [-0.05, 0) is 50.6 Å². The molecule has 2 aliphatic rings. The Hall–Kier alpha value is -1.03. The van der Waals surface area contributed by atoms with Gasteiger partial charge in [-0.25, -0.2) is 0 Å². The highest BCUT2D eigenvalue weighted by atomic mass is 15.2. The van der Waals surface area contributed by atoms with Gasteiger partial charge in [-0.3, -0.25) is 5.10 Å². The van der Waals surface area contributed by atoms with Crippen molar-refractivity contribution in [3.63, 3.8) is 0 Å². The average Bonchev–Trinajstić information content (AvgIpc) is 2.74. The molecule has 0 aromatic carbocycles. The summed E-state index contributed by atoms with van der Waals surface area (Å²) in [5.74, 6) is 2.52. The number of aromatic amines is 1. The molecule has 0 amide bonds. The van der Waals surface area contributed by atoms with Crippen molar-refractivity contribution in [2.24, 2.45) is 5.92 Å².